The summed E-state index contributed by atoms with van der Waals surface area (Å²) in [6, 6.07) is 17.9. The minimum Gasteiger partial charge on any atom is -0.496 e. The summed E-state index contributed by atoms with van der Waals surface area (Å²) in [4.78, 5) is 6.57. The number of thioether (sulfide) groups is 1. The molecule has 0 spiro atoms. The van der Waals surface area contributed by atoms with Crippen molar-refractivity contribution in [1.82, 2.24) is 4.90 Å². The Labute approximate surface area is 191 Å². The number of fused-ring (bicyclic) bond motifs is 1. The highest BCUT2D eigenvalue weighted by atomic mass is 32.2. The van der Waals surface area contributed by atoms with Gasteiger partial charge in [-0.3, -0.25) is 4.90 Å². The second-order valence-corrected chi connectivity index (χ2v) is 9.62. The number of nitrogens with zero attached hydrogens (tertiary/aromatic N) is 2. The fourth-order valence-corrected chi connectivity index (χ4v) is 5.85. The third-order valence-corrected chi connectivity index (χ3v) is 7.31. The molecule has 0 aliphatic carbocycles. The number of anilines is 1. The van der Waals surface area contributed by atoms with Crippen LogP contribution in [0.15, 0.2) is 65.6 Å². The van der Waals surface area contributed by atoms with Gasteiger partial charge in [0.25, 0.3) is 0 Å². The van der Waals surface area contributed by atoms with Gasteiger partial charge in [0.2, 0.25) is 0 Å². The Balaban J connectivity index is 1.65. The minimum absolute atomic E-state index is 0.266. The molecule has 0 bridgehead atoms. The zero-order valence-electron chi connectivity index (χ0n) is 18.8. The van der Waals surface area contributed by atoms with Crippen LogP contribution in [0.25, 0.3) is 0 Å². The third kappa shape index (κ3) is 5.28. The van der Waals surface area contributed by atoms with Crippen LogP contribution in [0.3, 0.4) is 0 Å². The maximum atomic E-state index is 6.09. The number of hydrogen-bond acceptors (Lipinski definition) is 5. The van der Waals surface area contributed by atoms with Crippen LogP contribution in [-0.2, 0) is 4.74 Å². The highest BCUT2D eigenvalue weighted by Gasteiger charge is 2.33. The SMILES string of the molecule is C=C(C)COCC(CN1c2ccccc2SCC1c1ccccc1OC)N1CCCC1. The van der Waals surface area contributed by atoms with Gasteiger partial charge in [0.1, 0.15) is 5.75 Å². The van der Waals surface area contributed by atoms with Crippen LogP contribution in [0, 0.1) is 0 Å². The van der Waals surface area contributed by atoms with Gasteiger partial charge in [-0.15, -0.1) is 11.8 Å². The average Bonchev–Trinajstić information content (AvgIpc) is 3.33. The molecule has 0 N–H and O–H groups in total. The molecule has 2 aliphatic rings. The molecule has 2 aromatic carbocycles. The zero-order valence-corrected chi connectivity index (χ0v) is 19.6. The number of rotatable bonds is 9. The van der Waals surface area contributed by atoms with Gasteiger partial charge in [-0.05, 0) is 51.1 Å². The fourth-order valence-electron chi connectivity index (χ4n) is 4.64. The summed E-state index contributed by atoms with van der Waals surface area (Å²) in [6.07, 6.45) is 2.55. The molecule has 0 saturated carbocycles. The largest absolute Gasteiger partial charge is 0.496 e. The molecule has 0 radical (unpaired) electrons. The van der Waals surface area contributed by atoms with Crippen LogP contribution < -0.4 is 9.64 Å². The van der Waals surface area contributed by atoms with Gasteiger partial charge in [-0.1, -0.05) is 42.5 Å². The minimum atomic E-state index is 0.266. The van der Waals surface area contributed by atoms with Gasteiger partial charge >= 0.3 is 0 Å². The summed E-state index contributed by atoms with van der Waals surface area (Å²) in [5.74, 6) is 1.98. The molecule has 0 amide bonds. The fraction of sp³-hybridized carbons (Fsp3) is 0.462. The summed E-state index contributed by atoms with van der Waals surface area (Å²) in [5.41, 5.74) is 3.65. The van der Waals surface area contributed by atoms with Crippen LogP contribution in [0.4, 0.5) is 5.69 Å². The lowest BCUT2D eigenvalue weighted by Crippen LogP contribution is -2.48. The van der Waals surface area contributed by atoms with E-state index in [0.717, 1.165) is 43.3 Å². The lowest BCUT2D eigenvalue weighted by atomic mass is 10.0. The second kappa shape index (κ2) is 10.6. The molecular weight excluding hydrogens is 404 g/mol. The van der Waals surface area contributed by atoms with Crippen LogP contribution in [0.2, 0.25) is 0 Å². The van der Waals surface area contributed by atoms with Crippen LogP contribution in [-0.4, -0.2) is 56.7 Å². The van der Waals surface area contributed by atoms with Gasteiger partial charge in [0.05, 0.1) is 38.1 Å². The molecule has 2 unspecified atom stereocenters. The highest BCUT2D eigenvalue weighted by molar-refractivity contribution is 7.99. The van der Waals surface area contributed by atoms with Crippen molar-refractivity contribution < 1.29 is 9.47 Å². The standard InChI is InChI=1S/C26H34N2O2S/c1-20(2)17-30-18-21(27-14-8-9-15-27)16-28-23-11-5-7-13-26(23)31-19-24(28)22-10-4-6-12-25(22)29-3/h4-7,10-13,21,24H,1,8-9,14-19H2,2-3H3. The lowest BCUT2D eigenvalue weighted by molar-refractivity contribution is 0.0838. The number of para-hydroxylation sites is 2. The number of benzene rings is 2. The molecule has 2 aliphatic heterocycles. The molecule has 1 fully saturated rings. The molecule has 166 valence electrons. The zero-order chi connectivity index (χ0) is 21.6. The maximum Gasteiger partial charge on any atom is 0.124 e. The number of methoxy groups -OCH3 is 1. The molecule has 4 nitrogen and oxygen atoms in total. The molecule has 2 heterocycles. The first-order valence-corrected chi connectivity index (χ1v) is 12.2. The Morgan fingerprint density at radius 3 is 2.65 bits per heavy atom. The first-order valence-electron chi connectivity index (χ1n) is 11.2. The van der Waals surface area contributed by atoms with E-state index in [9.17, 15) is 0 Å². The Hall–Kier alpha value is -1.95. The summed E-state index contributed by atoms with van der Waals surface area (Å²) in [5, 5.41) is 0. The summed E-state index contributed by atoms with van der Waals surface area (Å²) >= 11 is 1.94. The van der Waals surface area contributed by atoms with Gasteiger partial charge in [0.15, 0.2) is 0 Å². The van der Waals surface area contributed by atoms with Crippen molar-refractivity contribution in [3.63, 3.8) is 0 Å². The first kappa shape index (κ1) is 22.3. The van der Waals surface area contributed by atoms with Gasteiger partial charge in [-0.2, -0.15) is 0 Å². The molecular formula is C26H34N2O2S. The van der Waals surface area contributed by atoms with Gasteiger partial charge in [-0.25, -0.2) is 0 Å². The molecule has 31 heavy (non-hydrogen) atoms. The smallest absolute Gasteiger partial charge is 0.124 e. The van der Waals surface area contributed by atoms with Crippen LogP contribution in [0.1, 0.15) is 31.4 Å². The molecule has 4 rings (SSSR count). The molecule has 0 aromatic heterocycles. The Morgan fingerprint density at radius 1 is 1.13 bits per heavy atom. The Bertz CT molecular complexity index is 881. The average molecular weight is 439 g/mol. The van der Waals surface area contributed by atoms with E-state index in [2.05, 4.69) is 64.9 Å². The highest BCUT2D eigenvalue weighted by Crippen LogP contribution is 2.45. The number of hydrogen-bond donors (Lipinski definition) is 0. The van der Waals surface area contributed by atoms with Crippen molar-refractivity contribution in [2.45, 2.75) is 36.7 Å². The van der Waals surface area contributed by atoms with E-state index in [1.807, 2.05) is 18.7 Å². The molecule has 2 aromatic rings. The maximum absolute atomic E-state index is 6.09. The van der Waals surface area contributed by atoms with E-state index in [1.165, 1.54) is 29.0 Å². The summed E-state index contributed by atoms with van der Waals surface area (Å²) in [6.45, 7) is 10.6. The van der Waals surface area contributed by atoms with E-state index >= 15 is 0 Å². The van der Waals surface area contributed by atoms with E-state index in [4.69, 9.17) is 9.47 Å². The van der Waals surface area contributed by atoms with Crippen molar-refractivity contribution in [3.8, 4) is 5.75 Å². The lowest BCUT2D eigenvalue weighted by Gasteiger charge is -2.42. The van der Waals surface area contributed by atoms with Crippen molar-refractivity contribution >= 4 is 17.4 Å². The predicted molar refractivity (Wildman–Crippen MR) is 130 cm³/mol. The van der Waals surface area contributed by atoms with Gasteiger partial charge < -0.3 is 14.4 Å². The second-order valence-electron chi connectivity index (χ2n) is 8.56. The quantitative estimate of drug-likeness (QED) is 0.488. The van der Waals surface area contributed by atoms with Crippen LogP contribution in [0.5, 0.6) is 5.75 Å². The predicted octanol–water partition coefficient (Wildman–Crippen LogP) is 5.41. The topological polar surface area (TPSA) is 24.9 Å². The number of likely N-dealkylation sites (tertiary alicyclic amines) is 1. The molecule has 2 atom stereocenters. The first-order chi connectivity index (χ1) is 15.2. The number of ether oxygens (including phenoxy) is 2. The third-order valence-electron chi connectivity index (χ3n) is 6.17. The van der Waals surface area contributed by atoms with E-state index in [0.29, 0.717) is 12.6 Å². The van der Waals surface area contributed by atoms with Crippen molar-refractivity contribution in [2.75, 3.05) is 50.6 Å². The van der Waals surface area contributed by atoms with Crippen molar-refractivity contribution in [1.29, 1.82) is 0 Å². The Morgan fingerprint density at radius 2 is 1.87 bits per heavy atom. The van der Waals surface area contributed by atoms with E-state index < -0.39 is 0 Å². The normalized spacial score (nSPS) is 19.8. The van der Waals surface area contributed by atoms with E-state index in [1.54, 1.807) is 7.11 Å². The monoisotopic (exact) mass is 438 g/mol. The van der Waals surface area contributed by atoms with Crippen molar-refractivity contribution in [2.24, 2.45) is 0 Å². The van der Waals surface area contributed by atoms with E-state index in [-0.39, 0.29) is 6.04 Å². The van der Waals surface area contributed by atoms with Crippen LogP contribution >= 0.6 is 11.8 Å². The molecule has 1 saturated heterocycles. The summed E-state index contributed by atoms with van der Waals surface area (Å²) < 4.78 is 11.8. The van der Waals surface area contributed by atoms with Gasteiger partial charge in [0, 0.05) is 22.8 Å². The van der Waals surface area contributed by atoms with Crippen molar-refractivity contribution in [3.05, 3.63) is 66.2 Å². The summed E-state index contributed by atoms with van der Waals surface area (Å²) in [7, 11) is 1.77. The molecule has 5 heteroatoms. The Kier molecular flexibility index (Phi) is 7.59.